The van der Waals surface area contributed by atoms with E-state index < -0.39 is 35.1 Å². The quantitative estimate of drug-likeness (QED) is 0.345. The lowest BCUT2D eigenvalue weighted by molar-refractivity contribution is -0.128. The SMILES string of the molecule is Cc1ccc([C@H](C(=O)NC(C)(C)C)N(Cc2ccccc2F)C(=O)c2snc(C(=O)NC3CCCCC3)c2N)o1. The van der Waals surface area contributed by atoms with Gasteiger partial charge in [0.2, 0.25) is 0 Å². The van der Waals surface area contributed by atoms with Crippen molar-refractivity contribution in [3.05, 3.63) is 69.9 Å². The first kappa shape index (κ1) is 29.3. The molecule has 0 bridgehead atoms. The number of halogens is 1. The molecule has 2 aromatic heterocycles. The Kier molecular flexibility index (Phi) is 8.92. The van der Waals surface area contributed by atoms with E-state index in [2.05, 4.69) is 15.0 Å². The normalized spacial score (nSPS) is 14.9. The maximum Gasteiger partial charge on any atom is 0.273 e. The monoisotopic (exact) mass is 569 g/mol. The molecular formula is C29H36FN5O4S. The lowest BCUT2D eigenvalue weighted by Crippen LogP contribution is -2.49. The number of aryl methyl sites for hydroxylation is 1. The number of hydrogen-bond donors (Lipinski definition) is 3. The molecule has 0 radical (unpaired) electrons. The van der Waals surface area contributed by atoms with Crippen LogP contribution in [-0.4, -0.2) is 38.6 Å². The first-order valence-corrected chi connectivity index (χ1v) is 14.2. The molecule has 0 aliphatic heterocycles. The van der Waals surface area contributed by atoms with Gasteiger partial charge in [-0.1, -0.05) is 37.5 Å². The number of nitrogen functional groups attached to an aromatic ring is 1. The zero-order valence-corrected chi connectivity index (χ0v) is 24.1. The molecule has 4 N–H and O–H groups in total. The fraction of sp³-hybridized carbons (Fsp3) is 0.448. The van der Waals surface area contributed by atoms with Crippen molar-refractivity contribution in [1.82, 2.24) is 19.9 Å². The third kappa shape index (κ3) is 6.88. The van der Waals surface area contributed by atoms with Gasteiger partial charge in [-0.3, -0.25) is 14.4 Å². The topological polar surface area (TPSA) is 131 Å². The molecule has 9 nitrogen and oxygen atoms in total. The van der Waals surface area contributed by atoms with E-state index in [0.29, 0.717) is 5.76 Å². The summed E-state index contributed by atoms with van der Waals surface area (Å²) in [5.41, 5.74) is 5.80. The number of furan rings is 1. The number of hydrogen-bond acceptors (Lipinski definition) is 7. The molecular weight excluding hydrogens is 533 g/mol. The van der Waals surface area contributed by atoms with Crippen molar-refractivity contribution in [1.29, 1.82) is 0 Å². The summed E-state index contributed by atoms with van der Waals surface area (Å²) >= 11 is 0.777. The summed E-state index contributed by atoms with van der Waals surface area (Å²) in [7, 11) is 0. The Balaban J connectivity index is 1.73. The van der Waals surface area contributed by atoms with Gasteiger partial charge in [-0.2, -0.15) is 4.37 Å². The molecule has 1 aliphatic carbocycles. The Hall–Kier alpha value is -3.73. The number of nitrogens with one attached hydrogen (secondary N) is 2. The van der Waals surface area contributed by atoms with Gasteiger partial charge in [0.1, 0.15) is 22.2 Å². The third-order valence-corrected chi connectivity index (χ3v) is 7.58. The van der Waals surface area contributed by atoms with Crippen LogP contribution in [0.25, 0.3) is 0 Å². The number of carbonyl (C=O) groups is 3. The number of amides is 3. The first-order valence-electron chi connectivity index (χ1n) is 13.4. The van der Waals surface area contributed by atoms with Gasteiger partial charge in [0.25, 0.3) is 17.7 Å². The van der Waals surface area contributed by atoms with Crippen molar-refractivity contribution in [3.63, 3.8) is 0 Å². The first-order chi connectivity index (χ1) is 18.9. The van der Waals surface area contributed by atoms with E-state index >= 15 is 0 Å². The second-order valence-electron chi connectivity index (χ2n) is 11.2. The zero-order chi connectivity index (χ0) is 29.0. The van der Waals surface area contributed by atoms with Gasteiger partial charge in [0.15, 0.2) is 11.7 Å². The van der Waals surface area contributed by atoms with E-state index in [-0.39, 0.29) is 40.2 Å². The van der Waals surface area contributed by atoms with Crippen LogP contribution in [0.5, 0.6) is 0 Å². The minimum Gasteiger partial charge on any atom is -0.464 e. The van der Waals surface area contributed by atoms with Gasteiger partial charge in [0.05, 0.1) is 12.2 Å². The number of aromatic nitrogens is 1. The number of benzene rings is 1. The maximum atomic E-state index is 14.8. The Morgan fingerprint density at radius 1 is 1.15 bits per heavy atom. The molecule has 0 unspecified atom stereocenters. The number of nitrogens with two attached hydrogens (primary N) is 1. The van der Waals surface area contributed by atoms with E-state index in [1.807, 2.05) is 20.8 Å². The third-order valence-electron chi connectivity index (χ3n) is 6.73. The van der Waals surface area contributed by atoms with Crippen molar-refractivity contribution >= 4 is 34.9 Å². The molecule has 1 atom stereocenters. The van der Waals surface area contributed by atoms with Crippen molar-refractivity contribution in [2.24, 2.45) is 0 Å². The van der Waals surface area contributed by atoms with E-state index in [4.69, 9.17) is 10.2 Å². The lowest BCUT2D eigenvalue weighted by Gasteiger charge is -2.32. The summed E-state index contributed by atoms with van der Waals surface area (Å²) in [6, 6.07) is 8.11. The highest BCUT2D eigenvalue weighted by Crippen LogP contribution is 2.32. The summed E-state index contributed by atoms with van der Waals surface area (Å²) in [5.74, 6) is -1.40. The van der Waals surface area contributed by atoms with Crippen molar-refractivity contribution < 1.29 is 23.2 Å². The van der Waals surface area contributed by atoms with Gasteiger partial charge in [0, 0.05) is 17.1 Å². The number of carbonyl (C=O) groups excluding carboxylic acids is 3. The fourth-order valence-corrected chi connectivity index (χ4v) is 5.55. The summed E-state index contributed by atoms with van der Waals surface area (Å²) in [6.45, 7) is 6.92. The molecule has 1 saturated carbocycles. The smallest absolute Gasteiger partial charge is 0.273 e. The number of nitrogens with zero attached hydrogens (tertiary/aromatic N) is 2. The van der Waals surface area contributed by atoms with Crippen LogP contribution in [0.4, 0.5) is 10.1 Å². The lowest BCUT2D eigenvalue weighted by atomic mass is 9.95. The van der Waals surface area contributed by atoms with Gasteiger partial charge in [-0.15, -0.1) is 0 Å². The predicted molar refractivity (Wildman–Crippen MR) is 151 cm³/mol. The van der Waals surface area contributed by atoms with Gasteiger partial charge in [-0.25, -0.2) is 4.39 Å². The highest BCUT2D eigenvalue weighted by Gasteiger charge is 2.38. The van der Waals surface area contributed by atoms with Crippen molar-refractivity contribution in [2.45, 2.75) is 84.0 Å². The summed E-state index contributed by atoms with van der Waals surface area (Å²) in [6.07, 6.45) is 4.98. The molecule has 0 spiro atoms. The molecule has 1 aromatic carbocycles. The molecule has 1 fully saturated rings. The second-order valence-corrected chi connectivity index (χ2v) is 12.0. The van der Waals surface area contributed by atoms with E-state index in [1.165, 1.54) is 11.0 Å². The van der Waals surface area contributed by atoms with E-state index in [1.54, 1.807) is 37.3 Å². The standard InChI is InChI=1S/C29H36FN5O4S/c1-17-14-15-21(39-17)24(27(37)33-29(2,3)4)35(16-18-10-8-9-13-20(18)30)28(38)25-22(31)23(34-40-25)26(36)32-19-11-6-5-7-12-19/h8-10,13-15,19,24H,5-7,11-12,16,31H2,1-4H3,(H,32,36)(H,33,37)/t24-/m1/s1. The molecule has 214 valence electrons. The predicted octanol–water partition coefficient (Wildman–Crippen LogP) is 5.13. The van der Waals surface area contributed by atoms with Crippen LogP contribution in [0.15, 0.2) is 40.8 Å². The highest BCUT2D eigenvalue weighted by atomic mass is 32.1. The largest absolute Gasteiger partial charge is 0.464 e. The minimum atomic E-state index is -1.25. The van der Waals surface area contributed by atoms with Crippen LogP contribution >= 0.6 is 11.5 Å². The Morgan fingerprint density at radius 2 is 1.85 bits per heavy atom. The number of anilines is 1. The maximum absolute atomic E-state index is 14.8. The van der Waals surface area contributed by atoms with Crippen molar-refractivity contribution in [3.8, 4) is 0 Å². The zero-order valence-electron chi connectivity index (χ0n) is 23.3. The van der Waals surface area contributed by atoms with Crippen LogP contribution in [0.3, 0.4) is 0 Å². The Bertz CT molecular complexity index is 1370. The van der Waals surface area contributed by atoms with E-state index in [9.17, 15) is 18.8 Å². The van der Waals surface area contributed by atoms with Crippen LogP contribution in [0.1, 0.15) is 96.2 Å². The van der Waals surface area contributed by atoms with Gasteiger partial charge in [-0.05, 0) is 70.3 Å². The van der Waals surface area contributed by atoms with Crippen LogP contribution in [-0.2, 0) is 11.3 Å². The fourth-order valence-electron chi connectivity index (χ4n) is 4.80. The minimum absolute atomic E-state index is 0.0121. The molecule has 3 amide bonds. The van der Waals surface area contributed by atoms with Crippen LogP contribution in [0.2, 0.25) is 0 Å². The highest BCUT2D eigenvalue weighted by molar-refractivity contribution is 7.09. The second kappa shape index (κ2) is 12.2. The number of rotatable bonds is 8. The molecule has 1 aliphatic rings. The summed E-state index contributed by atoms with van der Waals surface area (Å²) in [4.78, 5) is 42.0. The average Bonchev–Trinajstić information content (AvgIpc) is 3.49. The Labute approximate surface area is 237 Å². The van der Waals surface area contributed by atoms with Gasteiger partial charge < -0.3 is 25.7 Å². The molecule has 4 rings (SSSR count). The average molecular weight is 570 g/mol. The molecule has 11 heteroatoms. The Morgan fingerprint density at radius 3 is 2.48 bits per heavy atom. The van der Waals surface area contributed by atoms with Gasteiger partial charge >= 0.3 is 0 Å². The molecule has 2 heterocycles. The molecule has 0 saturated heterocycles. The van der Waals surface area contributed by atoms with Crippen LogP contribution in [0, 0.1) is 12.7 Å². The molecule has 3 aromatic rings. The summed E-state index contributed by atoms with van der Waals surface area (Å²) < 4.78 is 24.8. The summed E-state index contributed by atoms with van der Waals surface area (Å²) in [5, 5.41) is 5.88. The molecule has 40 heavy (non-hydrogen) atoms. The van der Waals surface area contributed by atoms with E-state index in [0.717, 1.165) is 43.6 Å². The van der Waals surface area contributed by atoms with Crippen molar-refractivity contribution in [2.75, 3.05) is 5.73 Å². The van der Waals surface area contributed by atoms with Crippen LogP contribution < -0.4 is 16.4 Å².